The molecule has 1 heterocycles. The van der Waals surface area contributed by atoms with Crippen LogP contribution in [0.25, 0.3) is 0 Å². The topological polar surface area (TPSA) is 72.8 Å². The van der Waals surface area contributed by atoms with Crippen LogP contribution in [0.1, 0.15) is 39.0 Å². The van der Waals surface area contributed by atoms with E-state index in [1.807, 2.05) is 0 Å². The molecule has 0 aromatic carbocycles. The first-order valence-corrected chi connectivity index (χ1v) is 9.15. The number of halogens is 1. The van der Waals surface area contributed by atoms with Crippen molar-refractivity contribution in [1.29, 1.82) is 0 Å². The summed E-state index contributed by atoms with van der Waals surface area (Å²) >= 11 is 1.32. The van der Waals surface area contributed by atoms with Crippen molar-refractivity contribution in [2.75, 3.05) is 12.9 Å². The van der Waals surface area contributed by atoms with Crippen molar-refractivity contribution >= 4 is 23.7 Å². The Morgan fingerprint density at radius 2 is 2.26 bits per heavy atom. The van der Waals surface area contributed by atoms with Crippen LogP contribution in [0.2, 0.25) is 0 Å². The van der Waals surface area contributed by atoms with E-state index < -0.39 is 34.5 Å². The van der Waals surface area contributed by atoms with Crippen LogP contribution in [0.3, 0.4) is 0 Å². The highest BCUT2D eigenvalue weighted by molar-refractivity contribution is 8.00. The Balaban J connectivity index is 1.72. The SMILES string of the molecule is COC(=O)CCCSC1C2C(=O)OC3CCC(CC1(C)F)C32O. The molecule has 6 atom stereocenters. The van der Waals surface area contributed by atoms with Gasteiger partial charge in [0.1, 0.15) is 23.3 Å². The van der Waals surface area contributed by atoms with Crippen molar-refractivity contribution in [1.82, 2.24) is 0 Å². The van der Waals surface area contributed by atoms with Gasteiger partial charge in [-0.15, -0.1) is 0 Å². The Labute approximate surface area is 139 Å². The van der Waals surface area contributed by atoms with Crippen LogP contribution < -0.4 is 0 Å². The lowest BCUT2D eigenvalue weighted by atomic mass is 9.65. The van der Waals surface area contributed by atoms with Gasteiger partial charge in [-0.25, -0.2) is 4.39 Å². The van der Waals surface area contributed by atoms with Gasteiger partial charge in [0.15, 0.2) is 0 Å². The van der Waals surface area contributed by atoms with Crippen LogP contribution in [0, 0.1) is 11.8 Å². The van der Waals surface area contributed by atoms with Crippen molar-refractivity contribution in [3.63, 3.8) is 0 Å². The first kappa shape index (κ1) is 17.0. The van der Waals surface area contributed by atoms with Crippen molar-refractivity contribution < 1.29 is 28.6 Å². The highest BCUT2D eigenvalue weighted by Gasteiger charge is 2.71. The summed E-state index contributed by atoms with van der Waals surface area (Å²) in [6.07, 6.45) is 1.89. The van der Waals surface area contributed by atoms with E-state index in [4.69, 9.17) is 4.74 Å². The molecule has 130 valence electrons. The maximum atomic E-state index is 15.2. The Morgan fingerprint density at radius 1 is 1.52 bits per heavy atom. The molecule has 1 saturated heterocycles. The summed E-state index contributed by atoms with van der Waals surface area (Å²) in [5, 5.41) is 10.4. The van der Waals surface area contributed by atoms with E-state index in [1.165, 1.54) is 25.8 Å². The molecule has 7 heteroatoms. The zero-order chi connectivity index (χ0) is 16.8. The second kappa shape index (κ2) is 5.92. The second-order valence-corrected chi connectivity index (χ2v) is 8.27. The summed E-state index contributed by atoms with van der Waals surface area (Å²) in [4.78, 5) is 23.4. The number of alkyl halides is 1. The van der Waals surface area contributed by atoms with E-state index in [0.29, 0.717) is 25.0 Å². The first-order chi connectivity index (χ1) is 10.8. The molecule has 5 nitrogen and oxygen atoms in total. The number of ether oxygens (including phenoxy) is 2. The quantitative estimate of drug-likeness (QED) is 0.605. The minimum atomic E-state index is -1.53. The monoisotopic (exact) mass is 346 g/mol. The molecule has 0 radical (unpaired) electrons. The standard InChI is InChI=1S/C16H23FO5S/c1-15(17)8-9-5-6-10-16(9,20)12(14(19)22-10)13(15)23-7-3-4-11(18)21-2/h9-10,12-13,20H,3-8H2,1-2H3. The molecule has 0 aromatic rings. The molecule has 0 aromatic heterocycles. The average Bonchev–Trinajstić information content (AvgIpc) is 2.92. The average molecular weight is 346 g/mol. The number of esters is 2. The first-order valence-electron chi connectivity index (χ1n) is 8.11. The highest BCUT2D eigenvalue weighted by Crippen LogP contribution is 2.60. The van der Waals surface area contributed by atoms with Crippen LogP contribution in [0.4, 0.5) is 4.39 Å². The van der Waals surface area contributed by atoms with Gasteiger partial charge in [-0.05, 0) is 44.3 Å². The fourth-order valence-electron chi connectivity index (χ4n) is 4.46. The van der Waals surface area contributed by atoms with Crippen LogP contribution in [0.15, 0.2) is 0 Å². The van der Waals surface area contributed by atoms with E-state index in [9.17, 15) is 14.7 Å². The van der Waals surface area contributed by atoms with E-state index in [-0.39, 0.29) is 24.7 Å². The molecule has 0 spiro atoms. The largest absolute Gasteiger partial charge is 0.469 e. The predicted molar refractivity (Wildman–Crippen MR) is 82.7 cm³/mol. The Bertz CT molecular complexity index is 511. The van der Waals surface area contributed by atoms with Crippen LogP contribution >= 0.6 is 11.8 Å². The molecular weight excluding hydrogens is 323 g/mol. The molecule has 6 unspecified atom stereocenters. The molecule has 3 fully saturated rings. The molecule has 23 heavy (non-hydrogen) atoms. The third-order valence-corrected chi connectivity index (χ3v) is 7.20. The molecule has 0 amide bonds. The van der Waals surface area contributed by atoms with E-state index in [2.05, 4.69) is 4.74 Å². The van der Waals surface area contributed by atoms with Gasteiger partial charge in [0.05, 0.1) is 12.4 Å². The number of rotatable bonds is 5. The zero-order valence-corrected chi connectivity index (χ0v) is 14.2. The maximum absolute atomic E-state index is 15.2. The predicted octanol–water partition coefficient (Wildman–Crippen LogP) is 1.86. The van der Waals surface area contributed by atoms with Crippen molar-refractivity contribution in [2.24, 2.45) is 11.8 Å². The summed E-state index contributed by atoms with van der Waals surface area (Å²) < 4.78 is 25.1. The molecule has 3 rings (SSSR count). The van der Waals surface area contributed by atoms with Gasteiger partial charge in [-0.3, -0.25) is 9.59 Å². The van der Waals surface area contributed by atoms with E-state index in [1.54, 1.807) is 0 Å². The normalized spacial score (nSPS) is 44.8. The number of aliphatic hydroxyl groups is 1. The number of carbonyl (C=O) groups excluding carboxylic acids is 2. The summed E-state index contributed by atoms with van der Waals surface area (Å²) in [5.41, 5.74) is -2.75. The summed E-state index contributed by atoms with van der Waals surface area (Å²) in [7, 11) is 1.33. The smallest absolute Gasteiger partial charge is 0.313 e. The minimum Gasteiger partial charge on any atom is -0.469 e. The molecule has 2 aliphatic carbocycles. The molecule has 2 saturated carbocycles. The fraction of sp³-hybridized carbons (Fsp3) is 0.875. The number of hydrogen-bond donors (Lipinski definition) is 1. The van der Waals surface area contributed by atoms with Gasteiger partial charge in [-0.2, -0.15) is 11.8 Å². The third kappa shape index (κ3) is 2.65. The lowest BCUT2D eigenvalue weighted by molar-refractivity contribution is -0.146. The van der Waals surface area contributed by atoms with Gasteiger partial charge in [0, 0.05) is 6.42 Å². The van der Waals surface area contributed by atoms with Gasteiger partial charge in [0.2, 0.25) is 0 Å². The molecular formula is C16H23FO5S. The molecule has 1 N–H and O–H groups in total. The summed E-state index contributed by atoms with van der Waals surface area (Å²) in [6, 6.07) is 0. The van der Waals surface area contributed by atoms with Crippen molar-refractivity contribution in [2.45, 2.75) is 61.7 Å². The van der Waals surface area contributed by atoms with Crippen LogP contribution in [-0.2, 0) is 19.1 Å². The van der Waals surface area contributed by atoms with Gasteiger partial charge in [-0.1, -0.05) is 0 Å². The maximum Gasteiger partial charge on any atom is 0.313 e. The van der Waals surface area contributed by atoms with Crippen molar-refractivity contribution in [3.8, 4) is 0 Å². The fourth-order valence-corrected chi connectivity index (χ4v) is 5.99. The Morgan fingerprint density at radius 3 is 2.96 bits per heavy atom. The summed E-state index contributed by atoms with van der Waals surface area (Å²) in [6.45, 7) is 1.52. The number of thioether (sulfide) groups is 1. The molecule has 0 bridgehead atoms. The third-order valence-electron chi connectivity index (χ3n) is 5.55. The van der Waals surface area contributed by atoms with Crippen molar-refractivity contribution in [3.05, 3.63) is 0 Å². The van der Waals surface area contributed by atoms with Gasteiger partial charge < -0.3 is 14.6 Å². The number of methoxy groups -OCH3 is 1. The number of hydrogen-bond acceptors (Lipinski definition) is 6. The summed E-state index contributed by atoms with van der Waals surface area (Å²) in [5.74, 6) is -1.27. The lowest BCUT2D eigenvalue weighted by Gasteiger charge is -2.47. The van der Waals surface area contributed by atoms with Gasteiger partial charge >= 0.3 is 11.9 Å². The van der Waals surface area contributed by atoms with E-state index >= 15 is 4.39 Å². The van der Waals surface area contributed by atoms with Crippen LogP contribution in [-0.4, -0.2) is 52.5 Å². The van der Waals surface area contributed by atoms with Gasteiger partial charge in [0.25, 0.3) is 0 Å². The Kier molecular flexibility index (Phi) is 4.38. The Hall–Kier alpha value is -0.820. The molecule has 1 aliphatic heterocycles. The highest BCUT2D eigenvalue weighted by atomic mass is 32.2. The van der Waals surface area contributed by atoms with E-state index in [0.717, 1.165) is 0 Å². The minimum absolute atomic E-state index is 0.217. The van der Waals surface area contributed by atoms with Crippen LogP contribution in [0.5, 0.6) is 0 Å². The number of carbonyl (C=O) groups is 2. The zero-order valence-electron chi connectivity index (χ0n) is 13.4. The second-order valence-electron chi connectivity index (χ2n) is 7.02. The lowest BCUT2D eigenvalue weighted by Crippen LogP contribution is -2.60. The molecule has 3 aliphatic rings.